The summed E-state index contributed by atoms with van der Waals surface area (Å²) in [6.07, 6.45) is 4.28. The summed E-state index contributed by atoms with van der Waals surface area (Å²) in [4.78, 5) is 25.0. The summed E-state index contributed by atoms with van der Waals surface area (Å²) < 4.78 is 5.34. The third kappa shape index (κ3) is 2.97. The van der Waals surface area contributed by atoms with Crippen LogP contribution >= 0.6 is 11.6 Å². The van der Waals surface area contributed by atoms with Gasteiger partial charge in [0.25, 0.3) is 0 Å². The van der Waals surface area contributed by atoms with Gasteiger partial charge in [0.15, 0.2) is 0 Å². The van der Waals surface area contributed by atoms with E-state index in [9.17, 15) is 14.7 Å². The van der Waals surface area contributed by atoms with Crippen molar-refractivity contribution >= 4 is 23.7 Å². The molecule has 0 saturated heterocycles. The molecule has 2 rings (SSSR count). The first-order valence-electron chi connectivity index (χ1n) is 6.59. The van der Waals surface area contributed by atoms with Crippen LogP contribution in [-0.4, -0.2) is 34.2 Å². The van der Waals surface area contributed by atoms with Crippen molar-refractivity contribution in [2.75, 3.05) is 6.54 Å². The summed E-state index contributed by atoms with van der Waals surface area (Å²) in [7, 11) is 0. The fourth-order valence-electron chi connectivity index (χ4n) is 2.19. The molecule has 1 aliphatic heterocycles. The number of hydrogen-bond acceptors (Lipinski definition) is 3. The molecule has 21 heavy (non-hydrogen) atoms. The van der Waals surface area contributed by atoms with Crippen LogP contribution in [0.25, 0.3) is 0 Å². The predicted octanol–water partition coefficient (Wildman–Crippen LogP) is 3.27. The minimum atomic E-state index is -1.24. The van der Waals surface area contributed by atoms with Crippen molar-refractivity contribution in [3.05, 3.63) is 34.5 Å². The first kappa shape index (κ1) is 15.6. The Labute approximate surface area is 128 Å². The molecule has 1 heterocycles. The highest BCUT2D eigenvalue weighted by molar-refractivity contribution is 6.33. The molecule has 0 aromatic rings. The Balaban J connectivity index is 2.34. The van der Waals surface area contributed by atoms with Gasteiger partial charge in [-0.1, -0.05) is 17.7 Å². The molecule has 1 unspecified atom stereocenters. The van der Waals surface area contributed by atoms with Crippen molar-refractivity contribution in [3.8, 4) is 0 Å². The van der Waals surface area contributed by atoms with Gasteiger partial charge in [-0.05, 0) is 39.8 Å². The summed E-state index contributed by atoms with van der Waals surface area (Å²) >= 11 is 6.16. The van der Waals surface area contributed by atoms with Gasteiger partial charge in [0.1, 0.15) is 11.0 Å². The maximum Gasteiger partial charge on any atom is 0.415 e. The van der Waals surface area contributed by atoms with Gasteiger partial charge in [-0.25, -0.2) is 4.79 Å². The molecule has 0 fully saturated rings. The van der Waals surface area contributed by atoms with Gasteiger partial charge in [0.2, 0.25) is 0 Å². The number of carboxylic acids is 1. The maximum absolute atomic E-state index is 12.2. The lowest BCUT2D eigenvalue weighted by atomic mass is 9.84. The third-order valence-corrected chi connectivity index (χ3v) is 3.55. The Morgan fingerprint density at radius 3 is 2.52 bits per heavy atom. The number of rotatable bonds is 1. The standard InChI is InChI=1S/C15H18ClNO4/c1-14(2,3)21-13(20)17-6-5-9-10(16)7-15(4,12(18)19)8-11(9)17/h5,7-8H,6H2,1-4H3,(H,18,19). The second-order valence-electron chi connectivity index (χ2n) is 6.32. The first-order valence-corrected chi connectivity index (χ1v) is 6.97. The Hall–Kier alpha value is -1.75. The summed E-state index contributed by atoms with van der Waals surface area (Å²) in [5.41, 5.74) is -0.706. The van der Waals surface area contributed by atoms with Gasteiger partial charge in [0.05, 0.1) is 5.70 Å². The molecule has 114 valence electrons. The molecule has 5 nitrogen and oxygen atoms in total. The SMILES string of the molecule is CC(C)(C)OC(=O)N1CC=C2C(Cl)=CC(C)(C(=O)O)C=C21. The zero-order chi connectivity index (χ0) is 16.0. The zero-order valence-corrected chi connectivity index (χ0v) is 13.2. The van der Waals surface area contributed by atoms with E-state index in [1.165, 1.54) is 24.0 Å². The normalized spacial score (nSPS) is 24.8. The number of carboxylic acid groups (broad SMARTS) is 1. The minimum Gasteiger partial charge on any atom is -0.480 e. The summed E-state index contributed by atoms with van der Waals surface area (Å²) in [6.45, 7) is 7.18. The Morgan fingerprint density at radius 2 is 2.00 bits per heavy atom. The molecule has 6 heteroatoms. The van der Waals surface area contributed by atoms with Crippen molar-refractivity contribution in [2.45, 2.75) is 33.3 Å². The number of hydrogen-bond donors (Lipinski definition) is 1. The van der Waals surface area contributed by atoms with Crippen LogP contribution in [-0.2, 0) is 9.53 Å². The van der Waals surface area contributed by atoms with Gasteiger partial charge in [-0.2, -0.15) is 0 Å². The highest BCUT2D eigenvalue weighted by atomic mass is 35.5. The molecule has 0 aromatic carbocycles. The number of allylic oxidation sites excluding steroid dienone is 1. The van der Waals surface area contributed by atoms with Gasteiger partial charge in [0, 0.05) is 17.2 Å². The van der Waals surface area contributed by atoms with Crippen LogP contribution < -0.4 is 0 Å². The second kappa shape index (κ2) is 4.91. The van der Waals surface area contributed by atoms with Crippen molar-refractivity contribution in [1.29, 1.82) is 0 Å². The molecular weight excluding hydrogens is 294 g/mol. The van der Waals surface area contributed by atoms with Crippen LogP contribution in [0.15, 0.2) is 34.5 Å². The van der Waals surface area contributed by atoms with Crippen molar-refractivity contribution < 1.29 is 19.4 Å². The number of halogens is 1. The van der Waals surface area contributed by atoms with Crippen molar-refractivity contribution in [1.82, 2.24) is 4.90 Å². The van der Waals surface area contributed by atoms with Gasteiger partial charge in [-0.15, -0.1) is 0 Å². The largest absolute Gasteiger partial charge is 0.480 e. The van der Waals surface area contributed by atoms with E-state index in [0.29, 0.717) is 22.8 Å². The van der Waals surface area contributed by atoms with E-state index < -0.39 is 23.1 Å². The zero-order valence-electron chi connectivity index (χ0n) is 12.4. The third-order valence-electron chi connectivity index (χ3n) is 3.24. The Kier molecular flexibility index (Phi) is 3.66. The second-order valence-corrected chi connectivity index (χ2v) is 6.73. The molecule has 0 saturated carbocycles. The summed E-state index contributed by atoms with van der Waals surface area (Å²) in [5.74, 6) is -1.02. The van der Waals surface area contributed by atoms with E-state index in [1.54, 1.807) is 26.8 Å². The fourth-order valence-corrected chi connectivity index (χ4v) is 2.59. The molecular formula is C15H18ClNO4. The van der Waals surface area contributed by atoms with E-state index >= 15 is 0 Å². The molecule has 0 aromatic heterocycles. The van der Waals surface area contributed by atoms with Crippen LogP contribution in [0.1, 0.15) is 27.7 Å². The number of ether oxygens (including phenoxy) is 1. The molecule has 1 atom stereocenters. The molecule has 0 radical (unpaired) electrons. The lowest BCUT2D eigenvalue weighted by Crippen LogP contribution is -2.36. The Bertz CT molecular complexity index is 597. The molecule has 1 aliphatic carbocycles. The highest BCUT2D eigenvalue weighted by Gasteiger charge is 2.39. The topological polar surface area (TPSA) is 66.8 Å². The predicted molar refractivity (Wildman–Crippen MR) is 78.8 cm³/mol. The van der Waals surface area contributed by atoms with Crippen molar-refractivity contribution in [2.24, 2.45) is 5.41 Å². The smallest absolute Gasteiger partial charge is 0.415 e. The number of fused-ring (bicyclic) bond motifs is 1. The van der Waals surface area contributed by atoms with Crippen LogP contribution in [0, 0.1) is 5.41 Å². The number of carbonyl (C=O) groups excluding carboxylic acids is 1. The highest BCUT2D eigenvalue weighted by Crippen LogP contribution is 2.41. The molecule has 2 aliphatic rings. The van der Waals surface area contributed by atoms with Crippen LogP contribution in [0.2, 0.25) is 0 Å². The number of carbonyl (C=O) groups is 2. The molecule has 0 spiro atoms. The lowest BCUT2D eigenvalue weighted by Gasteiger charge is -2.29. The molecule has 0 bridgehead atoms. The fraction of sp³-hybridized carbons (Fsp3) is 0.467. The summed E-state index contributed by atoms with van der Waals surface area (Å²) in [5, 5.41) is 9.68. The van der Waals surface area contributed by atoms with Crippen molar-refractivity contribution in [3.63, 3.8) is 0 Å². The van der Waals surface area contributed by atoms with E-state index in [1.807, 2.05) is 0 Å². The van der Waals surface area contributed by atoms with Crippen LogP contribution in [0.4, 0.5) is 4.79 Å². The average Bonchev–Trinajstić information content (AvgIpc) is 2.70. The van der Waals surface area contributed by atoms with Crippen LogP contribution in [0.3, 0.4) is 0 Å². The lowest BCUT2D eigenvalue weighted by molar-refractivity contribution is -0.142. The summed E-state index contributed by atoms with van der Waals surface area (Å²) in [6, 6.07) is 0. The van der Waals surface area contributed by atoms with E-state index in [2.05, 4.69) is 0 Å². The number of aliphatic carboxylic acids is 1. The van der Waals surface area contributed by atoms with Gasteiger partial charge < -0.3 is 9.84 Å². The van der Waals surface area contributed by atoms with E-state index in [-0.39, 0.29) is 0 Å². The van der Waals surface area contributed by atoms with Crippen LogP contribution in [0.5, 0.6) is 0 Å². The van der Waals surface area contributed by atoms with E-state index in [0.717, 1.165) is 0 Å². The first-order chi connectivity index (χ1) is 9.53. The quantitative estimate of drug-likeness (QED) is 0.807. The number of nitrogens with zero attached hydrogens (tertiary/aromatic N) is 1. The van der Waals surface area contributed by atoms with Gasteiger partial charge >= 0.3 is 12.1 Å². The molecule has 1 N–H and O–H groups in total. The Morgan fingerprint density at radius 1 is 1.38 bits per heavy atom. The van der Waals surface area contributed by atoms with E-state index in [4.69, 9.17) is 16.3 Å². The molecule has 1 amide bonds. The average molecular weight is 312 g/mol. The maximum atomic E-state index is 12.2. The van der Waals surface area contributed by atoms with Gasteiger partial charge in [-0.3, -0.25) is 9.69 Å². The minimum absolute atomic E-state index is 0.315. The monoisotopic (exact) mass is 311 g/mol. The number of amides is 1.